The summed E-state index contributed by atoms with van der Waals surface area (Å²) in [5, 5.41) is 0. The number of rotatable bonds is 4. The van der Waals surface area contributed by atoms with Crippen molar-refractivity contribution in [2.24, 2.45) is 0 Å². The highest BCUT2D eigenvalue weighted by molar-refractivity contribution is 5.94. The van der Waals surface area contributed by atoms with E-state index in [2.05, 4.69) is 35.3 Å². The lowest BCUT2D eigenvalue weighted by molar-refractivity contribution is 0.0760. The van der Waals surface area contributed by atoms with Gasteiger partial charge in [-0.05, 0) is 55.0 Å². The Bertz CT molecular complexity index is 954. The Labute approximate surface area is 172 Å². The Kier molecular flexibility index (Phi) is 5.89. The van der Waals surface area contributed by atoms with Crippen molar-refractivity contribution in [1.29, 1.82) is 0 Å². The van der Waals surface area contributed by atoms with Crippen LogP contribution in [-0.4, -0.2) is 36.0 Å². The third-order valence-electron chi connectivity index (χ3n) is 5.66. The first kappa shape index (κ1) is 19.2. The van der Waals surface area contributed by atoms with Gasteiger partial charge in [0, 0.05) is 24.8 Å². The van der Waals surface area contributed by atoms with Crippen LogP contribution in [0.15, 0.2) is 72.9 Å². The van der Waals surface area contributed by atoms with Crippen LogP contribution < -0.4 is 4.74 Å². The van der Waals surface area contributed by atoms with Crippen molar-refractivity contribution in [3.05, 3.63) is 84.1 Å². The van der Waals surface area contributed by atoms with Crippen LogP contribution in [0.25, 0.3) is 11.3 Å². The van der Waals surface area contributed by atoms with E-state index in [1.807, 2.05) is 41.3 Å². The molecule has 4 heteroatoms. The zero-order valence-corrected chi connectivity index (χ0v) is 16.8. The molecule has 0 unspecified atom stereocenters. The van der Waals surface area contributed by atoms with Crippen LogP contribution in [0.1, 0.15) is 41.1 Å². The quantitative estimate of drug-likeness (QED) is 0.621. The molecule has 0 N–H and O–H groups in total. The summed E-state index contributed by atoms with van der Waals surface area (Å²) >= 11 is 0. The van der Waals surface area contributed by atoms with Crippen molar-refractivity contribution in [2.75, 3.05) is 20.2 Å². The predicted octanol–water partition coefficient (Wildman–Crippen LogP) is 5.17. The van der Waals surface area contributed by atoms with E-state index in [1.54, 1.807) is 13.3 Å². The fourth-order valence-electron chi connectivity index (χ4n) is 4.01. The Morgan fingerprint density at radius 2 is 1.86 bits per heavy atom. The van der Waals surface area contributed by atoms with Crippen molar-refractivity contribution in [3.8, 4) is 17.0 Å². The summed E-state index contributed by atoms with van der Waals surface area (Å²) in [7, 11) is 1.65. The Morgan fingerprint density at radius 3 is 2.62 bits per heavy atom. The van der Waals surface area contributed by atoms with Gasteiger partial charge < -0.3 is 9.64 Å². The van der Waals surface area contributed by atoms with E-state index < -0.39 is 0 Å². The molecular formula is C25H26N2O2. The summed E-state index contributed by atoms with van der Waals surface area (Å²) in [4.78, 5) is 19.5. The molecule has 1 aliphatic rings. The van der Waals surface area contributed by atoms with Crippen LogP contribution in [0.5, 0.6) is 5.75 Å². The minimum absolute atomic E-state index is 0.0726. The molecule has 2 heterocycles. The number of methoxy groups -OCH3 is 1. The summed E-state index contributed by atoms with van der Waals surface area (Å²) < 4.78 is 5.28. The lowest BCUT2D eigenvalue weighted by Crippen LogP contribution is -2.32. The number of aromatic nitrogens is 1. The molecule has 3 aromatic rings. The zero-order chi connectivity index (χ0) is 20.1. The van der Waals surface area contributed by atoms with Gasteiger partial charge in [-0.3, -0.25) is 9.78 Å². The number of ether oxygens (including phenoxy) is 1. The SMILES string of the molecule is COc1cccc(-c2ccc(C(=O)N3CCC[C@@H](c4ccccc4)CC3)cn2)c1. The van der Waals surface area contributed by atoms with Crippen LogP contribution in [-0.2, 0) is 0 Å². The molecule has 0 aliphatic carbocycles. The molecule has 1 aromatic heterocycles. The summed E-state index contributed by atoms with van der Waals surface area (Å²) in [5.74, 6) is 1.40. The number of pyridine rings is 1. The average molecular weight is 386 g/mol. The smallest absolute Gasteiger partial charge is 0.255 e. The summed E-state index contributed by atoms with van der Waals surface area (Å²) in [5.41, 5.74) is 3.84. The molecular weight excluding hydrogens is 360 g/mol. The standard InChI is InChI=1S/C25H26N2O2/c1-29-23-11-5-9-21(17-23)24-13-12-22(18-26-24)25(28)27-15-6-10-20(14-16-27)19-7-3-2-4-8-19/h2-5,7-9,11-13,17-18,20H,6,10,14-16H2,1H3/t20-/m1/s1. The lowest BCUT2D eigenvalue weighted by Gasteiger charge is -2.21. The molecule has 29 heavy (non-hydrogen) atoms. The number of benzene rings is 2. The second-order valence-electron chi connectivity index (χ2n) is 7.49. The minimum Gasteiger partial charge on any atom is -0.497 e. The van der Waals surface area contributed by atoms with E-state index in [0.29, 0.717) is 11.5 Å². The van der Waals surface area contributed by atoms with Gasteiger partial charge >= 0.3 is 0 Å². The highest BCUT2D eigenvalue weighted by atomic mass is 16.5. The number of hydrogen-bond donors (Lipinski definition) is 0. The van der Waals surface area contributed by atoms with Gasteiger partial charge in [-0.25, -0.2) is 0 Å². The molecule has 4 nitrogen and oxygen atoms in total. The first-order valence-electron chi connectivity index (χ1n) is 10.2. The van der Waals surface area contributed by atoms with Crippen molar-refractivity contribution in [3.63, 3.8) is 0 Å². The van der Waals surface area contributed by atoms with Gasteiger partial charge in [-0.1, -0.05) is 42.5 Å². The molecule has 1 aliphatic heterocycles. The van der Waals surface area contributed by atoms with Crippen molar-refractivity contribution in [2.45, 2.75) is 25.2 Å². The second kappa shape index (κ2) is 8.91. The fraction of sp³-hybridized carbons (Fsp3) is 0.280. The lowest BCUT2D eigenvalue weighted by atomic mass is 9.92. The maximum atomic E-state index is 13.0. The van der Waals surface area contributed by atoms with Gasteiger partial charge in [0.15, 0.2) is 0 Å². The van der Waals surface area contributed by atoms with Crippen LogP contribution in [0.2, 0.25) is 0 Å². The predicted molar refractivity (Wildman–Crippen MR) is 115 cm³/mol. The first-order valence-corrected chi connectivity index (χ1v) is 10.2. The van der Waals surface area contributed by atoms with Gasteiger partial charge in [0.25, 0.3) is 5.91 Å². The van der Waals surface area contributed by atoms with Crippen LogP contribution >= 0.6 is 0 Å². The molecule has 0 radical (unpaired) electrons. The molecule has 0 spiro atoms. The van der Waals surface area contributed by atoms with Gasteiger partial charge in [0.1, 0.15) is 5.75 Å². The van der Waals surface area contributed by atoms with Gasteiger partial charge in [0.05, 0.1) is 18.4 Å². The highest BCUT2D eigenvalue weighted by Gasteiger charge is 2.22. The molecule has 0 bridgehead atoms. The van der Waals surface area contributed by atoms with Gasteiger partial charge in [-0.15, -0.1) is 0 Å². The van der Waals surface area contributed by atoms with E-state index in [4.69, 9.17) is 4.74 Å². The minimum atomic E-state index is 0.0726. The van der Waals surface area contributed by atoms with E-state index >= 15 is 0 Å². The summed E-state index contributed by atoms with van der Waals surface area (Å²) in [6.45, 7) is 1.59. The average Bonchev–Trinajstić information content (AvgIpc) is 3.06. The normalized spacial score (nSPS) is 16.9. The van der Waals surface area contributed by atoms with Gasteiger partial charge in [-0.2, -0.15) is 0 Å². The van der Waals surface area contributed by atoms with Crippen LogP contribution in [0.3, 0.4) is 0 Å². The first-order chi connectivity index (χ1) is 14.2. The Hall–Kier alpha value is -3.14. The molecule has 2 aromatic carbocycles. The molecule has 1 saturated heterocycles. The van der Waals surface area contributed by atoms with E-state index in [1.165, 1.54) is 5.56 Å². The Balaban J connectivity index is 1.44. The van der Waals surface area contributed by atoms with E-state index in [-0.39, 0.29) is 5.91 Å². The number of amides is 1. The molecule has 0 saturated carbocycles. The molecule has 4 rings (SSSR count). The van der Waals surface area contributed by atoms with Crippen molar-refractivity contribution in [1.82, 2.24) is 9.88 Å². The molecule has 1 amide bonds. The van der Waals surface area contributed by atoms with Crippen LogP contribution in [0, 0.1) is 0 Å². The topological polar surface area (TPSA) is 42.4 Å². The van der Waals surface area contributed by atoms with E-state index in [9.17, 15) is 4.79 Å². The number of carbonyl (C=O) groups is 1. The number of nitrogens with zero attached hydrogens (tertiary/aromatic N) is 2. The number of carbonyl (C=O) groups excluding carboxylic acids is 1. The van der Waals surface area contributed by atoms with Crippen molar-refractivity contribution < 1.29 is 9.53 Å². The third-order valence-corrected chi connectivity index (χ3v) is 5.66. The second-order valence-corrected chi connectivity index (χ2v) is 7.49. The zero-order valence-electron chi connectivity index (χ0n) is 16.8. The maximum Gasteiger partial charge on any atom is 0.255 e. The van der Waals surface area contributed by atoms with Crippen LogP contribution in [0.4, 0.5) is 0 Å². The van der Waals surface area contributed by atoms with Gasteiger partial charge in [0.2, 0.25) is 0 Å². The molecule has 1 atom stereocenters. The summed E-state index contributed by atoms with van der Waals surface area (Å²) in [6, 6.07) is 22.2. The Morgan fingerprint density at radius 1 is 1.00 bits per heavy atom. The molecule has 148 valence electrons. The number of hydrogen-bond acceptors (Lipinski definition) is 3. The highest BCUT2D eigenvalue weighted by Crippen LogP contribution is 2.28. The van der Waals surface area contributed by atoms with Crippen molar-refractivity contribution >= 4 is 5.91 Å². The van der Waals surface area contributed by atoms with E-state index in [0.717, 1.165) is 49.4 Å². The number of likely N-dealkylation sites (tertiary alicyclic amines) is 1. The third kappa shape index (κ3) is 4.48. The summed E-state index contributed by atoms with van der Waals surface area (Å²) in [6.07, 6.45) is 4.85. The largest absolute Gasteiger partial charge is 0.497 e. The maximum absolute atomic E-state index is 13.0. The molecule has 1 fully saturated rings. The fourth-order valence-corrected chi connectivity index (χ4v) is 4.01. The monoisotopic (exact) mass is 386 g/mol.